The molecule has 0 amide bonds. The Hall–Kier alpha value is -0.570. The first kappa shape index (κ1) is 10.4. The fourth-order valence-electron chi connectivity index (χ4n) is 0.626. The molecule has 0 aliphatic carbocycles. The van der Waals surface area contributed by atoms with Gasteiger partial charge in [0.15, 0.2) is 0 Å². The van der Waals surface area contributed by atoms with Gasteiger partial charge in [-0.05, 0) is 20.3 Å². The molecule has 0 aromatic rings. The van der Waals surface area contributed by atoms with Crippen molar-refractivity contribution in [2.75, 3.05) is 13.2 Å². The molecule has 3 heteroatoms. The first-order valence-corrected chi connectivity index (χ1v) is 3.88. The normalized spacial score (nSPS) is 15.6. The summed E-state index contributed by atoms with van der Waals surface area (Å²) in [6.07, 6.45) is 0.600. The molecule has 0 bridgehead atoms. The minimum absolute atomic E-state index is 0.150. The summed E-state index contributed by atoms with van der Waals surface area (Å²) in [5.74, 6) is -0.315. The van der Waals surface area contributed by atoms with Crippen LogP contribution >= 0.6 is 0 Å². The molecular weight excluding hydrogens is 144 g/mol. The van der Waals surface area contributed by atoms with E-state index < -0.39 is 5.41 Å². The topological polar surface area (TPSA) is 46.5 Å². The second-order valence-electron chi connectivity index (χ2n) is 2.79. The van der Waals surface area contributed by atoms with E-state index in [1.807, 2.05) is 6.92 Å². The Morgan fingerprint density at radius 3 is 2.36 bits per heavy atom. The third-order valence-electron chi connectivity index (χ3n) is 1.90. The zero-order chi connectivity index (χ0) is 8.91. The van der Waals surface area contributed by atoms with Crippen molar-refractivity contribution in [3.05, 3.63) is 0 Å². The average molecular weight is 160 g/mol. The Labute approximate surface area is 67.4 Å². The molecule has 0 aliphatic heterocycles. The summed E-state index contributed by atoms with van der Waals surface area (Å²) >= 11 is 0. The number of rotatable bonds is 4. The Kier molecular flexibility index (Phi) is 4.11. The van der Waals surface area contributed by atoms with Crippen LogP contribution in [0.5, 0.6) is 0 Å². The molecule has 11 heavy (non-hydrogen) atoms. The fourth-order valence-corrected chi connectivity index (χ4v) is 0.626. The van der Waals surface area contributed by atoms with Crippen molar-refractivity contribution in [3.63, 3.8) is 0 Å². The highest BCUT2D eigenvalue weighted by atomic mass is 16.5. The van der Waals surface area contributed by atoms with E-state index in [9.17, 15) is 4.79 Å². The van der Waals surface area contributed by atoms with Crippen LogP contribution in [0.15, 0.2) is 0 Å². The average Bonchev–Trinajstić information content (AvgIpc) is 2.03. The van der Waals surface area contributed by atoms with E-state index in [1.165, 1.54) is 0 Å². The highest BCUT2D eigenvalue weighted by Gasteiger charge is 2.31. The van der Waals surface area contributed by atoms with Gasteiger partial charge in [-0.15, -0.1) is 0 Å². The fraction of sp³-hybridized carbons (Fsp3) is 0.875. The Balaban J connectivity index is 4.12. The second kappa shape index (κ2) is 4.34. The quantitative estimate of drug-likeness (QED) is 0.623. The summed E-state index contributed by atoms with van der Waals surface area (Å²) in [5, 5.41) is 8.88. The lowest BCUT2D eigenvalue weighted by molar-refractivity contribution is -0.157. The van der Waals surface area contributed by atoms with E-state index in [-0.39, 0.29) is 12.6 Å². The van der Waals surface area contributed by atoms with Crippen molar-refractivity contribution in [1.82, 2.24) is 0 Å². The lowest BCUT2D eigenvalue weighted by atomic mass is 9.89. The smallest absolute Gasteiger partial charge is 0.314 e. The van der Waals surface area contributed by atoms with Crippen molar-refractivity contribution >= 4 is 5.97 Å². The van der Waals surface area contributed by atoms with Gasteiger partial charge >= 0.3 is 5.97 Å². The summed E-state index contributed by atoms with van der Waals surface area (Å²) in [6, 6.07) is 0. The van der Waals surface area contributed by atoms with Crippen molar-refractivity contribution in [1.29, 1.82) is 0 Å². The number of hydrogen-bond donors (Lipinski definition) is 1. The molecule has 0 rings (SSSR count). The molecule has 1 N–H and O–H groups in total. The number of aliphatic hydroxyl groups is 1. The summed E-state index contributed by atoms with van der Waals surface area (Å²) < 4.78 is 4.79. The number of esters is 1. The Morgan fingerprint density at radius 2 is 2.09 bits per heavy atom. The molecule has 0 saturated carbocycles. The van der Waals surface area contributed by atoms with Gasteiger partial charge < -0.3 is 9.84 Å². The predicted molar refractivity (Wildman–Crippen MR) is 42.1 cm³/mol. The van der Waals surface area contributed by atoms with Gasteiger partial charge in [-0.1, -0.05) is 6.92 Å². The SMILES string of the molecule is CCOC(=O)C(C)(CC)CO. The standard InChI is InChI=1S/C8H16O3/c1-4-8(3,6-9)7(10)11-5-2/h9H,4-6H2,1-3H3. The van der Waals surface area contributed by atoms with Crippen LogP contribution in [-0.2, 0) is 9.53 Å². The summed E-state index contributed by atoms with van der Waals surface area (Å²) in [5.41, 5.74) is -0.712. The van der Waals surface area contributed by atoms with Crippen molar-refractivity contribution in [2.45, 2.75) is 27.2 Å². The number of ether oxygens (including phenoxy) is 1. The summed E-state index contributed by atoms with van der Waals surface area (Å²) in [6.45, 7) is 5.53. The summed E-state index contributed by atoms with van der Waals surface area (Å²) in [4.78, 5) is 11.1. The van der Waals surface area contributed by atoms with Crippen LogP contribution in [0.2, 0.25) is 0 Å². The zero-order valence-corrected chi connectivity index (χ0v) is 7.39. The van der Waals surface area contributed by atoms with Crippen LogP contribution in [0, 0.1) is 5.41 Å². The molecule has 1 atom stereocenters. The van der Waals surface area contributed by atoms with Gasteiger partial charge in [0.25, 0.3) is 0 Å². The zero-order valence-electron chi connectivity index (χ0n) is 7.39. The molecule has 0 aromatic heterocycles. The van der Waals surface area contributed by atoms with Crippen molar-refractivity contribution < 1.29 is 14.6 Å². The van der Waals surface area contributed by atoms with Gasteiger partial charge in [0.1, 0.15) is 0 Å². The molecular formula is C8H16O3. The molecule has 66 valence electrons. The van der Waals surface area contributed by atoms with Crippen LogP contribution in [0.1, 0.15) is 27.2 Å². The number of aliphatic hydroxyl groups excluding tert-OH is 1. The van der Waals surface area contributed by atoms with E-state index in [2.05, 4.69) is 0 Å². The molecule has 0 spiro atoms. The van der Waals surface area contributed by atoms with E-state index in [1.54, 1.807) is 13.8 Å². The minimum Gasteiger partial charge on any atom is -0.466 e. The van der Waals surface area contributed by atoms with E-state index in [0.717, 1.165) is 0 Å². The van der Waals surface area contributed by atoms with E-state index in [0.29, 0.717) is 13.0 Å². The molecule has 0 aromatic carbocycles. The third kappa shape index (κ3) is 2.50. The monoisotopic (exact) mass is 160 g/mol. The largest absolute Gasteiger partial charge is 0.466 e. The lowest BCUT2D eigenvalue weighted by Crippen LogP contribution is -2.32. The van der Waals surface area contributed by atoms with Crippen LogP contribution in [0.4, 0.5) is 0 Å². The van der Waals surface area contributed by atoms with Gasteiger partial charge in [-0.2, -0.15) is 0 Å². The highest BCUT2D eigenvalue weighted by molar-refractivity contribution is 5.76. The van der Waals surface area contributed by atoms with Crippen LogP contribution < -0.4 is 0 Å². The van der Waals surface area contributed by atoms with Gasteiger partial charge in [-0.3, -0.25) is 4.79 Å². The van der Waals surface area contributed by atoms with Crippen LogP contribution in [0.25, 0.3) is 0 Å². The molecule has 0 fully saturated rings. The molecule has 0 heterocycles. The van der Waals surface area contributed by atoms with Gasteiger partial charge in [0.05, 0.1) is 18.6 Å². The minimum atomic E-state index is -0.712. The van der Waals surface area contributed by atoms with Crippen LogP contribution in [-0.4, -0.2) is 24.3 Å². The number of carbonyl (C=O) groups excluding carboxylic acids is 1. The predicted octanol–water partition coefficient (Wildman–Crippen LogP) is 0.958. The number of hydrogen-bond acceptors (Lipinski definition) is 3. The third-order valence-corrected chi connectivity index (χ3v) is 1.90. The van der Waals surface area contributed by atoms with Gasteiger partial charge in [0.2, 0.25) is 0 Å². The molecule has 0 saturated heterocycles. The number of carbonyl (C=O) groups is 1. The maximum absolute atomic E-state index is 11.1. The molecule has 0 aliphatic rings. The van der Waals surface area contributed by atoms with Crippen LogP contribution in [0.3, 0.4) is 0 Å². The van der Waals surface area contributed by atoms with E-state index >= 15 is 0 Å². The van der Waals surface area contributed by atoms with Gasteiger partial charge in [-0.25, -0.2) is 0 Å². The lowest BCUT2D eigenvalue weighted by Gasteiger charge is -2.22. The summed E-state index contributed by atoms with van der Waals surface area (Å²) in [7, 11) is 0. The first-order chi connectivity index (χ1) is 5.10. The Morgan fingerprint density at radius 1 is 1.55 bits per heavy atom. The van der Waals surface area contributed by atoms with E-state index in [4.69, 9.17) is 9.84 Å². The Bertz CT molecular complexity index is 127. The van der Waals surface area contributed by atoms with Crippen molar-refractivity contribution in [3.8, 4) is 0 Å². The highest BCUT2D eigenvalue weighted by Crippen LogP contribution is 2.21. The maximum atomic E-state index is 11.1. The molecule has 1 unspecified atom stereocenters. The first-order valence-electron chi connectivity index (χ1n) is 3.88. The van der Waals surface area contributed by atoms with Crippen molar-refractivity contribution in [2.24, 2.45) is 5.41 Å². The maximum Gasteiger partial charge on any atom is 0.314 e. The molecule has 0 radical (unpaired) electrons. The second-order valence-corrected chi connectivity index (χ2v) is 2.79. The van der Waals surface area contributed by atoms with Gasteiger partial charge in [0, 0.05) is 0 Å². The molecule has 3 nitrogen and oxygen atoms in total.